The van der Waals surface area contributed by atoms with E-state index in [0.717, 1.165) is 5.56 Å². The first-order chi connectivity index (χ1) is 9.58. The molecular weight excluding hydrogens is 264 g/mol. The fourth-order valence-electron chi connectivity index (χ4n) is 1.98. The number of rotatable bonds is 5. The molecule has 5 heteroatoms. The molecular formula is C15H15F2NO2. The first-order valence-electron chi connectivity index (χ1n) is 6.20. The minimum absolute atomic E-state index is 0.0764. The predicted molar refractivity (Wildman–Crippen MR) is 70.7 cm³/mol. The molecule has 2 atom stereocenters. The van der Waals surface area contributed by atoms with E-state index < -0.39 is 12.7 Å². The summed E-state index contributed by atoms with van der Waals surface area (Å²) in [6.07, 6.45) is 2.61. The van der Waals surface area contributed by atoms with Crippen molar-refractivity contribution in [2.75, 3.05) is 0 Å². The summed E-state index contributed by atoms with van der Waals surface area (Å²) in [6.45, 7) is -0.953. The quantitative estimate of drug-likeness (QED) is 0.910. The van der Waals surface area contributed by atoms with Crippen LogP contribution in [-0.2, 0) is 0 Å². The van der Waals surface area contributed by atoms with Crippen molar-refractivity contribution < 1.29 is 18.6 Å². The monoisotopic (exact) mass is 279 g/mol. The lowest BCUT2D eigenvalue weighted by atomic mass is 9.91. The fraction of sp³-hybridized carbons (Fsp3) is 0.267. The Balaban J connectivity index is 2.11. The lowest BCUT2D eigenvalue weighted by Crippen LogP contribution is -2.08. The topological polar surface area (TPSA) is 42.4 Å². The van der Waals surface area contributed by atoms with Crippen molar-refractivity contribution in [2.45, 2.75) is 25.6 Å². The number of nitrogens with zero attached hydrogens (tertiary/aromatic N) is 1. The number of benzene rings is 1. The minimum Gasteiger partial charge on any atom is -0.435 e. The van der Waals surface area contributed by atoms with Gasteiger partial charge in [-0.1, -0.05) is 19.1 Å². The van der Waals surface area contributed by atoms with Gasteiger partial charge in [-0.05, 0) is 35.4 Å². The van der Waals surface area contributed by atoms with Crippen LogP contribution in [0.15, 0.2) is 48.8 Å². The SMILES string of the molecule is CC(c1ccncc1)C(O)c1ccc(OC(F)F)cc1. The molecule has 0 bridgehead atoms. The predicted octanol–water partition coefficient (Wildman–Crippen LogP) is 3.52. The van der Waals surface area contributed by atoms with Crippen molar-refractivity contribution in [3.8, 4) is 5.75 Å². The maximum Gasteiger partial charge on any atom is 0.387 e. The normalized spacial score (nSPS) is 14.1. The smallest absolute Gasteiger partial charge is 0.387 e. The fourth-order valence-corrected chi connectivity index (χ4v) is 1.98. The maximum absolute atomic E-state index is 12.1. The molecule has 1 heterocycles. The molecule has 1 N–H and O–H groups in total. The van der Waals surface area contributed by atoms with Gasteiger partial charge in [-0.3, -0.25) is 4.98 Å². The second-order valence-corrected chi connectivity index (χ2v) is 4.46. The van der Waals surface area contributed by atoms with Crippen LogP contribution in [-0.4, -0.2) is 16.7 Å². The largest absolute Gasteiger partial charge is 0.435 e. The van der Waals surface area contributed by atoms with Crippen LogP contribution in [0.4, 0.5) is 8.78 Å². The lowest BCUT2D eigenvalue weighted by molar-refractivity contribution is -0.0498. The number of hydrogen-bond acceptors (Lipinski definition) is 3. The summed E-state index contributed by atoms with van der Waals surface area (Å²) in [7, 11) is 0. The van der Waals surface area contributed by atoms with Gasteiger partial charge in [-0.25, -0.2) is 0 Å². The average molecular weight is 279 g/mol. The first kappa shape index (κ1) is 14.4. The van der Waals surface area contributed by atoms with Gasteiger partial charge >= 0.3 is 6.61 Å². The third kappa shape index (κ3) is 3.51. The van der Waals surface area contributed by atoms with E-state index in [0.29, 0.717) is 5.56 Å². The van der Waals surface area contributed by atoms with Crippen molar-refractivity contribution in [1.82, 2.24) is 4.98 Å². The summed E-state index contributed by atoms with van der Waals surface area (Å²) in [6, 6.07) is 9.68. The molecule has 106 valence electrons. The van der Waals surface area contributed by atoms with Crippen LogP contribution in [0.3, 0.4) is 0 Å². The zero-order chi connectivity index (χ0) is 14.5. The molecule has 0 aliphatic rings. The Morgan fingerprint density at radius 1 is 1.00 bits per heavy atom. The van der Waals surface area contributed by atoms with E-state index in [4.69, 9.17) is 0 Å². The summed E-state index contributed by atoms with van der Waals surface area (Å²) in [5.41, 5.74) is 1.61. The van der Waals surface area contributed by atoms with Crippen LogP contribution in [0.1, 0.15) is 30.1 Å². The van der Waals surface area contributed by atoms with Crippen molar-refractivity contribution >= 4 is 0 Å². The Bertz CT molecular complexity index is 531. The van der Waals surface area contributed by atoms with Crippen molar-refractivity contribution in [3.05, 3.63) is 59.9 Å². The highest BCUT2D eigenvalue weighted by Crippen LogP contribution is 2.31. The van der Waals surface area contributed by atoms with Crippen molar-refractivity contribution in [3.63, 3.8) is 0 Å². The molecule has 0 spiro atoms. The van der Waals surface area contributed by atoms with E-state index in [-0.39, 0.29) is 11.7 Å². The molecule has 3 nitrogen and oxygen atoms in total. The number of aliphatic hydroxyl groups is 1. The lowest BCUT2D eigenvalue weighted by Gasteiger charge is -2.19. The Kier molecular flexibility index (Phi) is 4.63. The van der Waals surface area contributed by atoms with Gasteiger partial charge in [0, 0.05) is 18.3 Å². The first-order valence-corrected chi connectivity index (χ1v) is 6.20. The maximum atomic E-state index is 12.1. The molecule has 2 rings (SSSR count). The molecule has 2 unspecified atom stereocenters. The highest BCUT2D eigenvalue weighted by atomic mass is 19.3. The number of hydrogen-bond donors (Lipinski definition) is 1. The number of pyridine rings is 1. The number of ether oxygens (including phenoxy) is 1. The van der Waals surface area contributed by atoms with Crippen LogP contribution in [0.2, 0.25) is 0 Å². The van der Waals surface area contributed by atoms with Crippen LogP contribution in [0.5, 0.6) is 5.75 Å². The molecule has 0 aliphatic heterocycles. The number of aromatic nitrogens is 1. The van der Waals surface area contributed by atoms with Gasteiger partial charge in [0.05, 0.1) is 6.10 Å². The molecule has 1 aromatic carbocycles. The van der Waals surface area contributed by atoms with Gasteiger partial charge in [0.15, 0.2) is 0 Å². The van der Waals surface area contributed by atoms with E-state index in [1.165, 1.54) is 12.1 Å². The molecule has 20 heavy (non-hydrogen) atoms. The Morgan fingerprint density at radius 2 is 1.60 bits per heavy atom. The van der Waals surface area contributed by atoms with Gasteiger partial charge < -0.3 is 9.84 Å². The second kappa shape index (κ2) is 6.43. The summed E-state index contributed by atoms with van der Waals surface area (Å²) in [5.74, 6) is -0.0487. The van der Waals surface area contributed by atoms with E-state index in [1.54, 1.807) is 24.5 Å². The van der Waals surface area contributed by atoms with Gasteiger partial charge in [-0.2, -0.15) is 8.78 Å². The Hall–Kier alpha value is -2.01. The summed E-state index contributed by atoms with van der Waals surface area (Å²) >= 11 is 0. The number of alkyl halides is 2. The van der Waals surface area contributed by atoms with Crippen LogP contribution >= 0.6 is 0 Å². The molecule has 0 aliphatic carbocycles. The van der Waals surface area contributed by atoms with E-state index in [2.05, 4.69) is 9.72 Å². The zero-order valence-electron chi connectivity index (χ0n) is 10.9. The van der Waals surface area contributed by atoms with Gasteiger partial charge in [-0.15, -0.1) is 0 Å². The van der Waals surface area contributed by atoms with Gasteiger partial charge in [0.25, 0.3) is 0 Å². The minimum atomic E-state index is -2.85. The molecule has 0 radical (unpaired) electrons. The highest BCUT2D eigenvalue weighted by Gasteiger charge is 2.18. The van der Waals surface area contributed by atoms with Gasteiger partial charge in [0.2, 0.25) is 0 Å². The van der Waals surface area contributed by atoms with Crippen molar-refractivity contribution in [2.24, 2.45) is 0 Å². The molecule has 0 saturated carbocycles. The molecule has 0 amide bonds. The molecule has 0 saturated heterocycles. The molecule has 1 aromatic heterocycles. The number of halogens is 2. The Labute approximate surface area is 115 Å². The summed E-state index contributed by atoms with van der Waals surface area (Å²) < 4.78 is 28.4. The average Bonchev–Trinajstić information content (AvgIpc) is 2.47. The second-order valence-electron chi connectivity index (χ2n) is 4.46. The zero-order valence-corrected chi connectivity index (χ0v) is 10.9. The van der Waals surface area contributed by atoms with Crippen LogP contribution in [0, 0.1) is 0 Å². The van der Waals surface area contributed by atoms with E-state index in [1.807, 2.05) is 19.1 Å². The summed E-state index contributed by atoms with van der Waals surface area (Å²) in [4.78, 5) is 3.93. The Morgan fingerprint density at radius 3 is 2.15 bits per heavy atom. The summed E-state index contributed by atoms with van der Waals surface area (Å²) in [5, 5.41) is 10.3. The number of aliphatic hydroxyl groups excluding tert-OH is 1. The van der Waals surface area contributed by atoms with Crippen LogP contribution in [0.25, 0.3) is 0 Å². The third-order valence-electron chi connectivity index (χ3n) is 3.15. The van der Waals surface area contributed by atoms with Crippen LogP contribution < -0.4 is 4.74 Å². The van der Waals surface area contributed by atoms with E-state index >= 15 is 0 Å². The molecule has 2 aromatic rings. The standard InChI is InChI=1S/C15H15F2NO2/c1-10(11-6-8-18-9-7-11)14(19)12-2-4-13(5-3-12)20-15(16)17/h2-10,14-15,19H,1H3. The third-order valence-corrected chi connectivity index (χ3v) is 3.15. The van der Waals surface area contributed by atoms with Crippen molar-refractivity contribution in [1.29, 1.82) is 0 Å². The molecule has 0 fully saturated rings. The highest BCUT2D eigenvalue weighted by molar-refractivity contribution is 5.31. The van der Waals surface area contributed by atoms with Gasteiger partial charge in [0.1, 0.15) is 5.75 Å². The van der Waals surface area contributed by atoms with E-state index in [9.17, 15) is 13.9 Å².